The normalized spacial score (nSPS) is 17.3. The summed E-state index contributed by atoms with van der Waals surface area (Å²) in [6, 6.07) is 2.92. The predicted molar refractivity (Wildman–Crippen MR) is 67.1 cm³/mol. The van der Waals surface area contributed by atoms with Crippen LogP contribution in [0.3, 0.4) is 0 Å². The standard InChI is InChI=1S/C13H15FNO3/c1-9-3-4-11(13(16)17)10(5-6-14)12(9)15(18)7-2-8-15/h3-4H,1-2,5-8H2,(H,16,17). The van der Waals surface area contributed by atoms with Crippen molar-refractivity contribution in [1.29, 1.82) is 0 Å². The predicted octanol–water partition coefficient (Wildman–Crippen LogP) is 2.29. The average molecular weight is 252 g/mol. The number of hydrogen-bond donors (Lipinski definition) is 1. The number of hydrogen-bond acceptors (Lipinski definition) is 2. The smallest absolute Gasteiger partial charge is 0.336 e. The first kappa shape index (κ1) is 13.0. The summed E-state index contributed by atoms with van der Waals surface area (Å²) in [5.74, 6) is -1.13. The third-order valence-corrected chi connectivity index (χ3v) is 3.39. The van der Waals surface area contributed by atoms with E-state index in [1.165, 1.54) is 12.1 Å². The number of benzene rings is 1. The molecule has 1 N–H and O–H groups in total. The molecule has 1 aliphatic heterocycles. The second kappa shape index (κ2) is 4.66. The van der Waals surface area contributed by atoms with Gasteiger partial charge in [-0.15, -0.1) is 0 Å². The van der Waals surface area contributed by atoms with E-state index in [0.29, 0.717) is 29.9 Å². The molecule has 1 aliphatic rings. The maximum absolute atomic E-state index is 12.6. The van der Waals surface area contributed by atoms with E-state index in [2.05, 4.69) is 6.92 Å². The first-order chi connectivity index (χ1) is 8.49. The molecule has 1 aromatic rings. The molecular formula is C13H15FNO3. The zero-order valence-electron chi connectivity index (χ0n) is 9.99. The fourth-order valence-corrected chi connectivity index (χ4v) is 2.41. The second-order valence-electron chi connectivity index (χ2n) is 4.53. The molecule has 2 rings (SSSR count). The summed E-state index contributed by atoms with van der Waals surface area (Å²) in [5, 5.41) is 21.5. The van der Waals surface area contributed by atoms with Gasteiger partial charge >= 0.3 is 5.97 Å². The van der Waals surface area contributed by atoms with Gasteiger partial charge in [-0.3, -0.25) is 4.39 Å². The number of aromatic carboxylic acids is 1. The molecule has 0 spiro atoms. The largest absolute Gasteiger partial charge is 0.627 e. The van der Waals surface area contributed by atoms with Gasteiger partial charge in [0.15, 0.2) is 0 Å². The molecule has 0 amide bonds. The minimum atomic E-state index is -1.13. The van der Waals surface area contributed by atoms with Gasteiger partial charge in [-0.2, -0.15) is 0 Å². The van der Waals surface area contributed by atoms with Gasteiger partial charge in [0.25, 0.3) is 0 Å². The van der Waals surface area contributed by atoms with Gasteiger partial charge in [0.2, 0.25) is 0 Å². The minimum absolute atomic E-state index is 0.00954. The Labute approximate surface area is 105 Å². The third-order valence-electron chi connectivity index (χ3n) is 3.39. The van der Waals surface area contributed by atoms with E-state index in [9.17, 15) is 14.4 Å². The van der Waals surface area contributed by atoms with Crippen LogP contribution in [0, 0.1) is 12.1 Å². The Kier molecular flexibility index (Phi) is 3.36. The highest BCUT2D eigenvalue weighted by Crippen LogP contribution is 2.37. The number of quaternary nitrogens is 1. The molecule has 0 aromatic heterocycles. The van der Waals surface area contributed by atoms with Crippen molar-refractivity contribution in [3.05, 3.63) is 41.0 Å². The molecule has 0 saturated carbocycles. The van der Waals surface area contributed by atoms with Crippen LogP contribution in [0.2, 0.25) is 0 Å². The van der Waals surface area contributed by atoms with Crippen molar-refractivity contribution in [2.75, 3.05) is 19.8 Å². The monoisotopic (exact) mass is 252 g/mol. The van der Waals surface area contributed by atoms with Crippen LogP contribution in [0.15, 0.2) is 12.1 Å². The summed E-state index contributed by atoms with van der Waals surface area (Å²) < 4.78 is 12.0. The van der Waals surface area contributed by atoms with Crippen molar-refractivity contribution in [3.8, 4) is 0 Å². The lowest BCUT2D eigenvalue weighted by atomic mass is 9.96. The Bertz CT molecular complexity index is 483. The Morgan fingerprint density at radius 2 is 2.17 bits per heavy atom. The van der Waals surface area contributed by atoms with E-state index in [1.807, 2.05) is 0 Å². The lowest BCUT2D eigenvalue weighted by molar-refractivity contribution is 0.0695. The SMILES string of the molecule is [CH2]c1ccc(C(=O)O)c(CCF)c1[N+]1([O-])CCC1. The number of alkyl halides is 1. The van der Waals surface area contributed by atoms with Crippen LogP contribution < -0.4 is 4.65 Å². The van der Waals surface area contributed by atoms with E-state index in [0.717, 1.165) is 6.42 Å². The van der Waals surface area contributed by atoms with Crippen molar-refractivity contribution in [3.63, 3.8) is 0 Å². The molecule has 1 radical (unpaired) electrons. The summed E-state index contributed by atoms with van der Waals surface area (Å²) in [4.78, 5) is 11.1. The Hall–Kier alpha value is -1.46. The van der Waals surface area contributed by atoms with Crippen LogP contribution in [0.1, 0.15) is 27.9 Å². The molecule has 0 bridgehead atoms. The van der Waals surface area contributed by atoms with Crippen LogP contribution in [0.4, 0.5) is 10.1 Å². The van der Waals surface area contributed by atoms with Crippen LogP contribution in [0.5, 0.6) is 0 Å². The lowest BCUT2D eigenvalue weighted by Gasteiger charge is -2.50. The second-order valence-corrected chi connectivity index (χ2v) is 4.53. The molecule has 0 aliphatic carbocycles. The van der Waals surface area contributed by atoms with Gasteiger partial charge in [-0.25, -0.2) is 4.79 Å². The number of rotatable bonds is 4. The first-order valence-electron chi connectivity index (χ1n) is 5.85. The van der Waals surface area contributed by atoms with Gasteiger partial charge in [0, 0.05) is 24.0 Å². The van der Waals surface area contributed by atoms with Crippen LogP contribution in [-0.4, -0.2) is 30.8 Å². The summed E-state index contributed by atoms with van der Waals surface area (Å²) >= 11 is 0. The molecular weight excluding hydrogens is 237 g/mol. The summed E-state index contributed by atoms with van der Waals surface area (Å²) in [6.07, 6.45) is 0.748. The van der Waals surface area contributed by atoms with Gasteiger partial charge in [0.1, 0.15) is 5.69 Å². The maximum atomic E-state index is 12.6. The Morgan fingerprint density at radius 1 is 1.50 bits per heavy atom. The third kappa shape index (κ3) is 2.00. The summed E-state index contributed by atoms with van der Waals surface area (Å²) in [6.45, 7) is 3.91. The number of carboxylic acids is 1. The summed E-state index contributed by atoms with van der Waals surface area (Å²) in [5.41, 5.74) is 1.15. The number of carboxylic acid groups (broad SMARTS) is 1. The van der Waals surface area contributed by atoms with Crippen molar-refractivity contribution in [1.82, 2.24) is 4.65 Å². The molecule has 4 nitrogen and oxygen atoms in total. The molecule has 97 valence electrons. The van der Waals surface area contributed by atoms with Gasteiger partial charge in [-0.05, 0) is 13.0 Å². The molecule has 1 heterocycles. The molecule has 1 fully saturated rings. The average Bonchev–Trinajstić information content (AvgIpc) is 2.26. The molecule has 18 heavy (non-hydrogen) atoms. The number of nitrogens with zero attached hydrogens (tertiary/aromatic N) is 1. The van der Waals surface area contributed by atoms with E-state index in [4.69, 9.17) is 5.11 Å². The fraction of sp³-hybridized carbons (Fsp3) is 0.385. The van der Waals surface area contributed by atoms with E-state index >= 15 is 0 Å². The first-order valence-corrected chi connectivity index (χ1v) is 5.85. The van der Waals surface area contributed by atoms with Crippen molar-refractivity contribution in [2.45, 2.75) is 12.8 Å². The fourth-order valence-electron chi connectivity index (χ4n) is 2.41. The van der Waals surface area contributed by atoms with Gasteiger partial charge in [0.05, 0.1) is 25.3 Å². The maximum Gasteiger partial charge on any atom is 0.336 e. The molecule has 1 aromatic carbocycles. The van der Waals surface area contributed by atoms with Crippen molar-refractivity contribution < 1.29 is 14.3 Å². The highest BCUT2D eigenvalue weighted by molar-refractivity contribution is 5.92. The molecule has 0 atom stereocenters. The Balaban J connectivity index is 2.61. The number of carbonyl (C=O) groups is 1. The van der Waals surface area contributed by atoms with E-state index in [1.54, 1.807) is 0 Å². The summed E-state index contributed by atoms with van der Waals surface area (Å²) in [7, 11) is 0. The van der Waals surface area contributed by atoms with E-state index < -0.39 is 17.3 Å². The number of halogens is 1. The molecule has 0 unspecified atom stereocenters. The van der Waals surface area contributed by atoms with Crippen LogP contribution in [0.25, 0.3) is 0 Å². The van der Waals surface area contributed by atoms with E-state index in [-0.39, 0.29) is 12.0 Å². The molecule has 5 heteroatoms. The lowest BCUT2D eigenvalue weighted by Crippen LogP contribution is -2.55. The van der Waals surface area contributed by atoms with Crippen molar-refractivity contribution in [2.24, 2.45) is 0 Å². The highest BCUT2D eigenvalue weighted by atomic mass is 19.1. The van der Waals surface area contributed by atoms with Crippen LogP contribution >= 0.6 is 0 Å². The zero-order chi connectivity index (χ0) is 13.3. The van der Waals surface area contributed by atoms with Crippen LogP contribution in [-0.2, 0) is 6.42 Å². The topological polar surface area (TPSA) is 60.4 Å². The minimum Gasteiger partial charge on any atom is -0.627 e. The van der Waals surface area contributed by atoms with Gasteiger partial charge in [-0.1, -0.05) is 6.07 Å². The van der Waals surface area contributed by atoms with Crippen molar-refractivity contribution >= 4 is 11.7 Å². The highest BCUT2D eigenvalue weighted by Gasteiger charge is 2.34. The van der Waals surface area contributed by atoms with Gasteiger partial charge < -0.3 is 15.0 Å². The number of hydroxylamine groups is 2. The Morgan fingerprint density at radius 3 is 2.61 bits per heavy atom. The molecule has 1 saturated heterocycles. The quantitative estimate of drug-likeness (QED) is 0.660. The zero-order valence-corrected chi connectivity index (χ0v) is 9.99.